The van der Waals surface area contributed by atoms with Crippen LogP contribution in [0.1, 0.15) is 20.7 Å². The summed E-state index contributed by atoms with van der Waals surface area (Å²) in [6.07, 6.45) is 3.31. The summed E-state index contributed by atoms with van der Waals surface area (Å²) in [5, 5.41) is 17.1. The van der Waals surface area contributed by atoms with E-state index in [9.17, 15) is 9.59 Å². The zero-order valence-corrected chi connectivity index (χ0v) is 11.2. The smallest absolute Gasteiger partial charge is 0.336 e. The standard InChI is InChI=1S/C8H6O4.2C3H7N/c9-7(10)5-3-1-2-4-6(5)8(11)12;2*1-2-3-4/h1-4H,(H,9,10)(H,11,12);2*2H,1,3-4H2. The van der Waals surface area contributed by atoms with Crippen molar-refractivity contribution < 1.29 is 19.8 Å². The van der Waals surface area contributed by atoms with Crippen LogP contribution in [0.5, 0.6) is 0 Å². The molecule has 0 amide bonds. The lowest BCUT2D eigenvalue weighted by atomic mass is 10.1. The van der Waals surface area contributed by atoms with Crippen LogP contribution in [0.2, 0.25) is 0 Å². The Hall–Kier alpha value is -2.44. The summed E-state index contributed by atoms with van der Waals surface area (Å²) in [5.41, 5.74) is 9.44. The lowest BCUT2D eigenvalue weighted by Crippen LogP contribution is -2.06. The third-order valence-electron chi connectivity index (χ3n) is 1.72. The number of benzene rings is 1. The average molecular weight is 280 g/mol. The van der Waals surface area contributed by atoms with E-state index in [0.29, 0.717) is 13.1 Å². The van der Waals surface area contributed by atoms with Crippen molar-refractivity contribution in [2.45, 2.75) is 0 Å². The Kier molecular flexibility index (Phi) is 12.9. The molecule has 0 radical (unpaired) electrons. The molecule has 0 aliphatic heterocycles. The molecule has 6 nitrogen and oxygen atoms in total. The van der Waals surface area contributed by atoms with E-state index in [1.165, 1.54) is 24.3 Å². The van der Waals surface area contributed by atoms with Crippen molar-refractivity contribution in [3.8, 4) is 0 Å². The van der Waals surface area contributed by atoms with Gasteiger partial charge in [-0.15, -0.1) is 13.2 Å². The number of rotatable bonds is 4. The molecule has 0 aliphatic rings. The maximum Gasteiger partial charge on any atom is 0.336 e. The number of carboxylic acids is 2. The van der Waals surface area contributed by atoms with Crippen LogP contribution < -0.4 is 11.5 Å². The van der Waals surface area contributed by atoms with E-state index in [1.54, 1.807) is 12.2 Å². The van der Waals surface area contributed by atoms with Gasteiger partial charge in [0.05, 0.1) is 11.1 Å². The molecule has 1 rings (SSSR count). The van der Waals surface area contributed by atoms with Gasteiger partial charge in [-0.2, -0.15) is 0 Å². The Balaban J connectivity index is 0. The number of aromatic carboxylic acids is 2. The van der Waals surface area contributed by atoms with Crippen LogP contribution in [-0.2, 0) is 0 Å². The Bertz CT molecular complexity index is 404. The summed E-state index contributed by atoms with van der Waals surface area (Å²) in [6.45, 7) is 7.87. The fraction of sp³-hybridized carbons (Fsp3) is 0.143. The summed E-state index contributed by atoms with van der Waals surface area (Å²) < 4.78 is 0. The third kappa shape index (κ3) is 9.58. The van der Waals surface area contributed by atoms with Gasteiger partial charge >= 0.3 is 11.9 Å². The van der Waals surface area contributed by atoms with E-state index in [2.05, 4.69) is 13.2 Å². The molecule has 1 aromatic carbocycles. The average Bonchev–Trinajstić information content (AvgIpc) is 2.47. The number of nitrogens with two attached hydrogens (primary N) is 2. The molecule has 0 fully saturated rings. The van der Waals surface area contributed by atoms with Crippen molar-refractivity contribution in [2.75, 3.05) is 13.1 Å². The van der Waals surface area contributed by atoms with Crippen molar-refractivity contribution in [3.05, 3.63) is 60.7 Å². The molecular formula is C14H20N2O4. The molecule has 0 heterocycles. The number of hydrogen-bond donors (Lipinski definition) is 4. The monoisotopic (exact) mass is 280 g/mol. The van der Waals surface area contributed by atoms with Crippen molar-refractivity contribution in [3.63, 3.8) is 0 Å². The van der Waals surface area contributed by atoms with E-state index in [1.807, 2.05) is 0 Å². The number of carboxylic acid groups (broad SMARTS) is 2. The molecule has 0 saturated heterocycles. The Morgan fingerprint density at radius 1 is 0.950 bits per heavy atom. The summed E-state index contributed by atoms with van der Waals surface area (Å²) >= 11 is 0. The van der Waals surface area contributed by atoms with E-state index < -0.39 is 11.9 Å². The third-order valence-corrected chi connectivity index (χ3v) is 1.72. The first-order valence-corrected chi connectivity index (χ1v) is 5.63. The minimum absolute atomic E-state index is 0.190. The second kappa shape index (κ2) is 13.0. The van der Waals surface area contributed by atoms with E-state index in [4.69, 9.17) is 21.7 Å². The topological polar surface area (TPSA) is 127 Å². The maximum atomic E-state index is 10.5. The molecular weight excluding hydrogens is 260 g/mol. The highest BCUT2D eigenvalue weighted by Crippen LogP contribution is 2.07. The van der Waals surface area contributed by atoms with Gasteiger partial charge in [0.25, 0.3) is 0 Å². The highest BCUT2D eigenvalue weighted by Gasteiger charge is 2.13. The van der Waals surface area contributed by atoms with Crippen molar-refractivity contribution in [2.24, 2.45) is 11.5 Å². The second-order valence-electron chi connectivity index (χ2n) is 3.20. The fourth-order valence-electron chi connectivity index (χ4n) is 0.856. The van der Waals surface area contributed by atoms with Crippen LogP contribution in [0.25, 0.3) is 0 Å². The highest BCUT2D eigenvalue weighted by molar-refractivity contribution is 6.01. The molecule has 0 unspecified atom stereocenters. The fourth-order valence-corrected chi connectivity index (χ4v) is 0.856. The predicted molar refractivity (Wildman–Crippen MR) is 78.9 cm³/mol. The Morgan fingerprint density at radius 3 is 1.35 bits per heavy atom. The molecule has 0 atom stereocenters. The van der Waals surface area contributed by atoms with E-state index >= 15 is 0 Å². The number of carbonyl (C=O) groups is 2. The van der Waals surface area contributed by atoms with Gasteiger partial charge in [0.1, 0.15) is 0 Å². The van der Waals surface area contributed by atoms with Gasteiger partial charge in [0, 0.05) is 13.1 Å². The lowest BCUT2D eigenvalue weighted by molar-refractivity contribution is 0.0651. The predicted octanol–water partition coefficient (Wildman–Crippen LogP) is 1.35. The molecule has 6 N–H and O–H groups in total. The van der Waals surface area contributed by atoms with Crippen LogP contribution in [-0.4, -0.2) is 35.2 Å². The summed E-state index contributed by atoms with van der Waals surface area (Å²) in [7, 11) is 0. The van der Waals surface area contributed by atoms with Crippen LogP contribution in [0.3, 0.4) is 0 Å². The lowest BCUT2D eigenvalue weighted by Gasteiger charge is -1.98. The number of hydrogen-bond acceptors (Lipinski definition) is 4. The Morgan fingerprint density at radius 2 is 1.20 bits per heavy atom. The molecule has 20 heavy (non-hydrogen) atoms. The molecule has 1 aromatic rings. The molecule has 0 spiro atoms. The SMILES string of the molecule is C=CCN.C=CCN.O=C(O)c1ccccc1C(=O)O. The van der Waals surface area contributed by atoms with E-state index in [-0.39, 0.29) is 11.1 Å². The van der Waals surface area contributed by atoms with Crippen molar-refractivity contribution in [1.82, 2.24) is 0 Å². The van der Waals surface area contributed by atoms with Gasteiger partial charge in [-0.1, -0.05) is 24.3 Å². The molecule has 0 aromatic heterocycles. The summed E-state index contributed by atoms with van der Waals surface area (Å²) in [5.74, 6) is -2.46. The largest absolute Gasteiger partial charge is 0.478 e. The second-order valence-corrected chi connectivity index (χ2v) is 3.20. The Labute approximate surface area is 118 Å². The minimum atomic E-state index is -1.23. The molecule has 0 saturated carbocycles. The van der Waals surface area contributed by atoms with Crippen LogP contribution in [0, 0.1) is 0 Å². The van der Waals surface area contributed by atoms with Crippen molar-refractivity contribution >= 4 is 11.9 Å². The van der Waals surface area contributed by atoms with Crippen LogP contribution >= 0.6 is 0 Å². The van der Waals surface area contributed by atoms with Gasteiger partial charge in [0.2, 0.25) is 0 Å². The van der Waals surface area contributed by atoms with Gasteiger partial charge in [0.15, 0.2) is 0 Å². The molecule has 0 bridgehead atoms. The highest BCUT2D eigenvalue weighted by atomic mass is 16.4. The summed E-state index contributed by atoms with van der Waals surface area (Å²) in [6, 6.07) is 5.48. The van der Waals surface area contributed by atoms with Gasteiger partial charge in [-0.05, 0) is 12.1 Å². The normalized spacial score (nSPS) is 8.10. The minimum Gasteiger partial charge on any atom is -0.478 e. The first kappa shape index (κ1) is 19.9. The zero-order chi connectivity index (χ0) is 16.0. The van der Waals surface area contributed by atoms with Gasteiger partial charge < -0.3 is 21.7 Å². The summed E-state index contributed by atoms with van der Waals surface area (Å²) in [4.78, 5) is 20.9. The first-order valence-electron chi connectivity index (χ1n) is 5.63. The van der Waals surface area contributed by atoms with Crippen LogP contribution in [0.4, 0.5) is 0 Å². The molecule has 0 aliphatic carbocycles. The molecule has 110 valence electrons. The van der Waals surface area contributed by atoms with Gasteiger partial charge in [-0.25, -0.2) is 9.59 Å². The van der Waals surface area contributed by atoms with E-state index in [0.717, 1.165) is 0 Å². The quantitative estimate of drug-likeness (QED) is 0.616. The van der Waals surface area contributed by atoms with Gasteiger partial charge in [-0.3, -0.25) is 0 Å². The first-order chi connectivity index (χ1) is 9.45. The van der Waals surface area contributed by atoms with Crippen molar-refractivity contribution in [1.29, 1.82) is 0 Å². The zero-order valence-electron chi connectivity index (χ0n) is 11.2. The maximum absolute atomic E-state index is 10.5. The van der Waals surface area contributed by atoms with Crippen LogP contribution in [0.15, 0.2) is 49.6 Å². The molecule has 6 heteroatoms.